The first-order valence-electron chi connectivity index (χ1n) is 9.68. The number of methoxy groups -OCH3 is 1. The first-order chi connectivity index (χ1) is 13.7. The van der Waals surface area contributed by atoms with Gasteiger partial charge in [0.1, 0.15) is 23.3 Å². The van der Waals surface area contributed by atoms with Crippen molar-refractivity contribution < 1.29 is 9.53 Å². The third kappa shape index (κ3) is 2.78. The zero-order valence-corrected chi connectivity index (χ0v) is 16.6. The number of rotatable bonds is 4. The van der Waals surface area contributed by atoms with Gasteiger partial charge in [-0.3, -0.25) is 14.2 Å². The van der Waals surface area contributed by atoms with Gasteiger partial charge in [-0.1, -0.05) is 24.6 Å². The van der Waals surface area contributed by atoms with Crippen LogP contribution in [0.5, 0.6) is 5.75 Å². The molecule has 0 saturated heterocycles. The molecule has 7 nitrogen and oxygen atoms in total. The Morgan fingerprint density at radius 2 is 2.18 bits per heavy atom. The summed E-state index contributed by atoms with van der Waals surface area (Å²) in [5.41, 5.74) is 1.90. The van der Waals surface area contributed by atoms with Gasteiger partial charge in [0.25, 0.3) is 5.56 Å². The van der Waals surface area contributed by atoms with Crippen LogP contribution in [-0.2, 0) is 17.9 Å². The minimum Gasteiger partial charge on any atom is -0.497 e. The Kier molecular flexibility index (Phi) is 4.30. The molecule has 1 N–H and O–H groups in total. The average Bonchev–Trinajstić information content (AvgIpc) is 3.42. The second kappa shape index (κ2) is 6.84. The molecule has 1 aromatic carbocycles. The molecule has 2 aliphatic rings. The lowest BCUT2D eigenvalue weighted by molar-refractivity contribution is -0.122. The van der Waals surface area contributed by atoms with E-state index < -0.39 is 0 Å². The van der Waals surface area contributed by atoms with Gasteiger partial charge in [0.2, 0.25) is 5.91 Å². The van der Waals surface area contributed by atoms with Crippen molar-refractivity contribution in [1.82, 2.24) is 19.4 Å². The highest BCUT2D eigenvalue weighted by atomic mass is 32.2. The van der Waals surface area contributed by atoms with Gasteiger partial charge in [0, 0.05) is 23.7 Å². The molecule has 1 aliphatic heterocycles. The van der Waals surface area contributed by atoms with Crippen LogP contribution < -0.4 is 15.6 Å². The number of amides is 1. The van der Waals surface area contributed by atoms with E-state index in [4.69, 9.17) is 9.72 Å². The first-order valence-corrected chi connectivity index (χ1v) is 10.7. The van der Waals surface area contributed by atoms with Gasteiger partial charge in [0.05, 0.1) is 12.6 Å². The summed E-state index contributed by atoms with van der Waals surface area (Å²) < 4.78 is 8.90. The van der Waals surface area contributed by atoms with Crippen molar-refractivity contribution in [3.8, 4) is 5.75 Å². The van der Waals surface area contributed by atoms with Crippen molar-refractivity contribution in [2.75, 3.05) is 12.9 Å². The lowest BCUT2D eigenvalue weighted by Gasteiger charge is -2.13. The fraction of sp³-hybridized carbons (Fsp3) is 0.450. The molecule has 3 heterocycles. The molecule has 1 saturated carbocycles. The van der Waals surface area contributed by atoms with Crippen LogP contribution >= 0.6 is 11.8 Å². The Bertz CT molecular complexity index is 1140. The number of nitrogens with one attached hydrogen (secondary N) is 1. The largest absolute Gasteiger partial charge is 0.497 e. The zero-order chi connectivity index (χ0) is 19.3. The molecule has 8 heteroatoms. The van der Waals surface area contributed by atoms with E-state index in [9.17, 15) is 9.59 Å². The van der Waals surface area contributed by atoms with E-state index in [-0.39, 0.29) is 24.1 Å². The topological polar surface area (TPSA) is 78.2 Å². The number of benzene rings is 1. The molecule has 0 unspecified atom stereocenters. The smallest absolute Gasteiger partial charge is 0.278 e. The van der Waals surface area contributed by atoms with E-state index in [1.165, 1.54) is 0 Å². The van der Waals surface area contributed by atoms with Gasteiger partial charge >= 0.3 is 0 Å². The first kappa shape index (κ1) is 17.6. The summed E-state index contributed by atoms with van der Waals surface area (Å²) in [7, 11) is 1.62. The molecule has 1 aliphatic carbocycles. The standard InChI is InChI=1S/C20H22N4O3S/c1-27-13-6-7-15-14(10-13)17-18(19(26)23-8-9-28-20(23)22-17)24(15)11-16(25)21-12-4-2-3-5-12/h6-7,10,12H,2-5,8-9,11H2,1H3,(H,21,25). The Balaban J connectivity index is 1.67. The summed E-state index contributed by atoms with van der Waals surface area (Å²) in [6, 6.07) is 5.90. The van der Waals surface area contributed by atoms with Gasteiger partial charge in [-0.25, -0.2) is 4.98 Å². The molecule has 0 bridgehead atoms. The number of hydrogen-bond donors (Lipinski definition) is 1. The summed E-state index contributed by atoms with van der Waals surface area (Å²) >= 11 is 1.59. The maximum Gasteiger partial charge on any atom is 0.278 e. The van der Waals surface area contributed by atoms with E-state index in [2.05, 4.69) is 5.32 Å². The van der Waals surface area contributed by atoms with Crippen LogP contribution in [0.2, 0.25) is 0 Å². The summed E-state index contributed by atoms with van der Waals surface area (Å²) in [6.07, 6.45) is 4.39. The second-order valence-corrected chi connectivity index (χ2v) is 8.48. The van der Waals surface area contributed by atoms with E-state index in [0.29, 0.717) is 23.3 Å². The Morgan fingerprint density at radius 3 is 2.96 bits per heavy atom. The highest BCUT2D eigenvalue weighted by Gasteiger charge is 2.24. The lowest BCUT2D eigenvalue weighted by Crippen LogP contribution is -2.35. The third-order valence-corrected chi connectivity index (χ3v) is 6.65. The molecule has 0 spiro atoms. The second-order valence-electron chi connectivity index (χ2n) is 7.41. The highest BCUT2D eigenvalue weighted by molar-refractivity contribution is 7.99. The third-order valence-electron chi connectivity index (χ3n) is 5.70. The lowest BCUT2D eigenvalue weighted by atomic mass is 10.2. The van der Waals surface area contributed by atoms with E-state index in [0.717, 1.165) is 47.5 Å². The van der Waals surface area contributed by atoms with Gasteiger partial charge in [0.15, 0.2) is 5.16 Å². The summed E-state index contributed by atoms with van der Waals surface area (Å²) in [4.78, 5) is 30.7. The molecule has 146 valence electrons. The molecule has 1 fully saturated rings. The Hall–Kier alpha value is -2.48. The number of carbonyl (C=O) groups is 1. The molecule has 28 heavy (non-hydrogen) atoms. The molecule has 0 atom stereocenters. The SMILES string of the molecule is COc1ccc2c(c1)c1nc3n(c(=O)c1n2CC(=O)NC1CCCC1)CCS3. The van der Waals surface area contributed by atoms with Crippen molar-refractivity contribution in [3.63, 3.8) is 0 Å². The van der Waals surface area contributed by atoms with E-state index >= 15 is 0 Å². The predicted molar refractivity (Wildman–Crippen MR) is 109 cm³/mol. The van der Waals surface area contributed by atoms with Crippen molar-refractivity contribution in [1.29, 1.82) is 0 Å². The normalized spacial score (nSPS) is 16.8. The molecular formula is C20H22N4O3S. The minimum atomic E-state index is -0.0752. The number of carbonyl (C=O) groups excluding carboxylic acids is 1. The van der Waals surface area contributed by atoms with Gasteiger partial charge in [-0.2, -0.15) is 0 Å². The Morgan fingerprint density at radius 1 is 1.36 bits per heavy atom. The molecule has 0 radical (unpaired) electrons. The van der Waals surface area contributed by atoms with Crippen LogP contribution in [0.3, 0.4) is 0 Å². The number of hydrogen-bond acceptors (Lipinski definition) is 5. The van der Waals surface area contributed by atoms with Crippen molar-refractivity contribution in [3.05, 3.63) is 28.6 Å². The fourth-order valence-corrected chi connectivity index (χ4v) is 5.27. The number of thioether (sulfide) groups is 1. The van der Waals surface area contributed by atoms with Crippen LogP contribution in [0.4, 0.5) is 0 Å². The van der Waals surface area contributed by atoms with Crippen molar-refractivity contribution in [2.24, 2.45) is 0 Å². The molecule has 1 amide bonds. The van der Waals surface area contributed by atoms with E-state index in [1.54, 1.807) is 23.4 Å². The number of aromatic nitrogens is 3. The number of fused-ring (bicyclic) bond motifs is 4. The van der Waals surface area contributed by atoms with Crippen LogP contribution in [0.15, 0.2) is 28.2 Å². The van der Waals surface area contributed by atoms with Crippen molar-refractivity contribution in [2.45, 2.75) is 50.0 Å². The summed E-state index contributed by atoms with van der Waals surface area (Å²) in [5, 5.41) is 4.71. The van der Waals surface area contributed by atoms with Crippen LogP contribution in [0.1, 0.15) is 25.7 Å². The maximum absolute atomic E-state index is 13.2. The van der Waals surface area contributed by atoms with Crippen molar-refractivity contribution >= 4 is 39.6 Å². The molecule has 3 aromatic rings. The number of ether oxygens (including phenoxy) is 1. The fourth-order valence-electron chi connectivity index (χ4n) is 4.33. The summed E-state index contributed by atoms with van der Waals surface area (Å²) in [5.74, 6) is 1.50. The van der Waals surface area contributed by atoms with Gasteiger partial charge in [-0.15, -0.1) is 0 Å². The Labute approximate surface area is 166 Å². The number of nitrogens with zero attached hydrogens (tertiary/aromatic N) is 3. The van der Waals surface area contributed by atoms with Crippen LogP contribution in [-0.4, -0.2) is 38.9 Å². The van der Waals surface area contributed by atoms with E-state index in [1.807, 2.05) is 22.8 Å². The quantitative estimate of drug-likeness (QED) is 0.684. The molecule has 2 aromatic heterocycles. The molecular weight excluding hydrogens is 376 g/mol. The minimum absolute atomic E-state index is 0.0548. The van der Waals surface area contributed by atoms with Crippen LogP contribution in [0, 0.1) is 0 Å². The highest BCUT2D eigenvalue weighted by Crippen LogP contribution is 2.32. The predicted octanol–water partition coefficient (Wildman–Crippen LogP) is 2.52. The average molecular weight is 398 g/mol. The van der Waals surface area contributed by atoms with Crippen LogP contribution in [0.25, 0.3) is 21.9 Å². The monoisotopic (exact) mass is 398 g/mol. The zero-order valence-electron chi connectivity index (χ0n) is 15.7. The molecule has 5 rings (SSSR count). The maximum atomic E-state index is 13.2. The van der Waals surface area contributed by atoms with Gasteiger partial charge in [-0.05, 0) is 31.0 Å². The van der Waals surface area contributed by atoms with Gasteiger partial charge < -0.3 is 14.6 Å². The summed E-state index contributed by atoms with van der Waals surface area (Å²) in [6.45, 7) is 0.771.